The summed E-state index contributed by atoms with van der Waals surface area (Å²) in [6.45, 7) is 4.42. The maximum Gasteiger partial charge on any atom is 0.217 e. The Balaban J connectivity index is 1.38. The van der Waals surface area contributed by atoms with Gasteiger partial charge < -0.3 is 10.4 Å². The molecule has 1 saturated heterocycles. The number of hydrogen-bond acceptors (Lipinski definition) is 4. The number of aliphatic hydroxyl groups excluding tert-OH is 1. The molecule has 2 fully saturated rings. The van der Waals surface area contributed by atoms with E-state index in [1.54, 1.807) is 0 Å². The van der Waals surface area contributed by atoms with Crippen LogP contribution in [0.4, 0.5) is 0 Å². The fraction of sp³-hybridized carbons (Fsp3) is 0.500. The number of benzene rings is 1. The fourth-order valence-corrected chi connectivity index (χ4v) is 4.49. The molecular weight excluding hydrogens is 328 g/mol. The van der Waals surface area contributed by atoms with Crippen molar-refractivity contribution in [2.75, 3.05) is 13.1 Å². The Kier molecular flexibility index (Phi) is 4.78. The topological polar surface area (TPSA) is 70.4 Å². The van der Waals surface area contributed by atoms with Crippen molar-refractivity contribution >= 4 is 5.91 Å². The minimum absolute atomic E-state index is 0.0596. The van der Waals surface area contributed by atoms with Crippen molar-refractivity contribution < 1.29 is 9.90 Å². The molecule has 2 heterocycles. The first-order chi connectivity index (χ1) is 12.6. The van der Waals surface area contributed by atoms with E-state index in [0.29, 0.717) is 11.8 Å². The van der Waals surface area contributed by atoms with E-state index in [4.69, 9.17) is 0 Å². The van der Waals surface area contributed by atoms with E-state index in [1.165, 1.54) is 12.5 Å². The molecule has 2 aliphatic rings. The van der Waals surface area contributed by atoms with Gasteiger partial charge in [-0.2, -0.15) is 5.10 Å². The normalized spacial score (nSPS) is 28.7. The van der Waals surface area contributed by atoms with Crippen molar-refractivity contribution in [3.8, 4) is 5.69 Å². The molecule has 1 aliphatic carbocycles. The van der Waals surface area contributed by atoms with E-state index in [-0.39, 0.29) is 11.9 Å². The molecule has 0 bridgehead atoms. The van der Waals surface area contributed by atoms with Gasteiger partial charge in [-0.1, -0.05) is 18.2 Å². The largest absolute Gasteiger partial charge is 0.391 e. The van der Waals surface area contributed by atoms with Gasteiger partial charge in [0, 0.05) is 38.3 Å². The summed E-state index contributed by atoms with van der Waals surface area (Å²) in [5, 5.41) is 17.7. The molecule has 1 amide bonds. The van der Waals surface area contributed by atoms with E-state index in [9.17, 15) is 9.90 Å². The molecular formula is C20H26N4O2. The van der Waals surface area contributed by atoms with Crippen molar-refractivity contribution in [1.29, 1.82) is 0 Å². The summed E-state index contributed by atoms with van der Waals surface area (Å²) in [5.41, 5.74) is 2.27. The Morgan fingerprint density at radius 2 is 1.96 bits per heavy atom. The number of likely N-dealkylation sites (tertiary alicyclic amines) is 1. The van der Waals surface area contributed by atoms with Crippen molar-refractivity contribution in [2.45, 2.75) is 38.5 Å². The summed E-state index contributed by atoms with van der Waals surface area (Å²) in [7, 11) is 0. The highest BCUT2D eigenvalue weighted by atomic mass is 16.3. The molecule has 4 atom stereocenters. The molecule has 1 saturated carbocycles. The summed E-state index contributed by atoms with van der Waals surface area (Å²) in [4.78, 5) is 13.8. The first-order valence-electron chi connectivity index (χ1n) is 9.35. The second-order valence-corrected chi connectivity index (χ2v) is 7.69. The van der Waals surface area contributed by atoms with Crippen LogP contribution in [0.15, 0.2) is 42.7 Å². The molecule has 6 nitrogen and oxygen atoms in total. The molecule has 4 rings (SSSR count). The van der Waals surface area contributed by atoms with Gasteiger partial charge in [-0.15, -0.1) is 0 Å². The zero-order valence-corrected chi connectivity index (χ0v) is 15.1. The molecule has 26 heavy (non-hydrogen) atoms. The van der Waals surface area contributed by atoms with Crippen LogP contribution in [0.1, 0.15) is 25.3 Å². The summed E-state index contributed by atoms with van der Waals surface area (Å²) < 4.78 is 1.91. The Morgan fingerprint density at radius 3 is 2.69 bits per heavy atom. The zero-order chi connectivity index (χ0) is 18.1. The van der Waals surface area contributed by atoms with Crippen LogP contribution < -0.4 is 5.32 Å². The first-order valence-corrected chi connectivity index (χ1v) is 9.35. The van der Waals surface area contributed by atoms with Crippen LogP contribution >= 0.6 is 0 Å². The van der Waals surface area contributed by atoms with Crippen LogP contribution in [0.2, 0.25) is 0 Å². The molecule has 1 aromatic heterocycles. The Bertz CT molecular complexity index is 760. The maximum absolute atomic E-state index is 11.3. The minimum Gasteiger partial charge on any atom is -0.391 e. The number of amides is 1. The van der Waals surface area contributed by atoms with Gasteiger partial charge in [0.25, 0.3) is 0 Å². The maximum atomic E-state index is 11.3. The van der Waals surface area contributed by atoms with E-state index >= 15 is 0 Å². The van der Waals surface area contributed by atoms with E-state index in [0.717, 1.165) is 38.2 Å². The summed E-state index contributed by atoms with van der Waals surface area (Å²) in [5.74, 6) is 0.995. The SMILES string of the molecule is CC(=O)N[C@@H]1C[C@@H]2CN(Cc3cnn(-c4ccccc4)c3)C[C@@H]2C[C@H]1O. The highest BCUT2D eigenvalue weighted by molar-refractivity contribution is 5.73. The molecule has 6 heteroatoms. The standard InChI is InChI=1S/C20H26N4O2/c1-14(25)22-19-7-16-12-23(13-17(16)8-20(19)26)10-15-9-21-24(11-15)18-5-3-2-4-6-18/h2-6,9,11,16-17,19-20,26H,7-8,10,12-13H2,1H3,(H,22,25)/t16-,17+,19-,20-/m1/s1. The Labute approximate surface area is 153 Å². The van der Waals surface area contributed by atoms with Gasteiger partial charge in [0.1, 0.15) is 0 Å². The molecule has 0 unspecified atom stereocenters. The zero-order valence-electron chi connectivity index (χ0n) is 15.1. The predicted octanol–water partition coefficient (Wildman–Crippen LogP) is 1.58. The number of carbonyl (C=O) groups is 1. The minimum atomic E-state index is -0.430. The van der Waals surface area contributed by atoms with Gasteiger partial charge in [0.2, 0.25) is 5.91 Å². The molecule has 1 aromatic carbocycles. The van der Waals surface area contributed by atoms with E-state index < -0.39 is 6.10 Å². The molecule has 1 aliphatic heterocycles. The van der Waals surface area contributed by atoms with Crippen LogP contribution in [0.25, 0.3) is 5.69 Å². The van der Waals surface area contributed by atoms with Crippen molar-refractivity contribution in [2.24, 2.45) is 11.8 Å². The van der Waals surface area contributed by atoms with Gasteiger partial charge in [-0.25, -0.2) is 4.68 Å². The summed E-state index contributed by atoms with van der Waals surface area (Å²) in [6.07, 6.45) is 5.23. The lowest BCUT2D eigenvalue weighted by Crippen LogP contribution is -2.48. The number of rotatable bonds is 4. The highest BCUT2D eigenvalue weighted by Crippen LogP contribution is 2.37. The van der Waals surface area contributed by atoms with Gasteiger partial charge in [0.05, 0.1) is 24.0 Å². The number of hydrogen-bond donors (Lipinski definition) is 2. The number of carbonyl (C=O) groups excluding carboxylic acids is 1. The lowest BCUT2D eigenvalue weighted by atomic mass is 9.77. The van der Waals surface area contributed by atoms with Gasteiger partial charge in [0.15, 0.2) is 0 Å². The third kappa shape index (κ3) is 3.66. The van der Waals surface area contributed by atoms with Crippen molar-refractivity contribution in [3.63, 3.8) is 0 Å². The molecule has 2 N–H and O–H groups in total. The smallest absolute Gasteiger partial charge is 0.217 e. The Hall–Kier alpha value is -2.18. The molecule has 0 radical (unpaired) electrons. The number of nitrogens with one attached hydrogen (secondary N) is 1. The lowest BCUT2D eigenvalue weighted by Gasteiger charge is -2.35. The number of para-hydroxylation sites is 1. The molecule has 138 valence electrons. The van der Waals surface area contributed by atoms with Gasteiger partial charge in [-0.3, -0.25) is 9.69 Å². The van der Waals surface area contributed by atoms with E-state index in [1.807, 2.05) is 41.2 Å². The van der Waals surface area contributed by atoms with Crippen LogP contribution in [-0.4, -0.2) is 50.9 Å². The van der Waals surface area contributed by atoms with Crippen molar-refractivity contribution in [1.82, 2.24) is 20.0 Å². The van der Waals surface area contributed by atoms with Gasteiger partial charge >= 0.3 is 0 Å². The average molecular weight is 354 g/mol. The quantitative estimate of drug-likeness (QED) is 0.875. The summed E-state index contributed by atoms with van der Waals surface area (Å²) in [6, 6.07) is 10.0. The van der Waals surface area contributed by atoms with Crippen LogP contribution in [0.5, 0.6) is 0 Å². The molecule has 2 aromatic rings. The highest BCUT2D eigenvalue weighted by Gasteiger charge is 2.41. The van der Waals surface area contributed by atoms with E-state index in [2.05, 4.69) is 21.5 Å². The van der Waals surface area contributed by atoms with Crippen LogP contribution in [0, 0.1) is 11.8 Å². The average Bonchev–Trinajstić information content (AvgIpc) is 3.22. The van der Waals surface area contributed by atoms with Crippen LogP contribution in [0.3, 0.4) is 0 Å². The number of fused-ring (bicyclic) bond motifs is 1. The number of aliphatic hydroxyl groups is 1. The Morgan fingerprint density at radius 1 is 1.23 bits per heavy atom. The number of aromatic nitrogens is 2. The fourth-order valence-electron chi connectivity index (χ4n) is 4.49. The molecule has 0 spiro atoms. The number of nitrogens with zero attached hydrogens (tertiary/aromatic N) is 3. The second-order valence-electron chi connectivity index (χ2n) is 7.69. The van der Waals surface area contributed by atoms with Crippen LogP contribution in [-0.2, 0) is 11.3 Å². The van der Waals surface area contributed by atoms with Gasteiger partial charge in [-0.05, 0) is 36.8 Å². The summed E-state index contributed by atoms with van der Waals surface area (Å²) >= 11 is 0. The predicted molar refractivity (Wildman–Crippen MR) is 98.7 cm³/mol. The van der Waals surface area contributed by atoms with Crippen molar-refractivity contribution in [3.05, 3.63) is 48.3 Å². The lowest BCUT2D eigenvalue weighted by molar-refractivity contribution is -0.121. The first kappa shape index (κ1) is 17.2. The monoisotopic (exact) mass is 354 g/mol. The second kappa shape index (κ2) is 7.21. The third-order valence-corrected chi connectivity index (χ3v) is 5.67. The third-order valence-electron chi connectivity index (χ3n) is 5.67.